The van der Waals surface area contributed by atoms with Crippen LogP contribution in [0.5, 0.6) is 0 Å². The number of rotatable bonds is 2. The predicted molar refractivity (Wildman–Crippen MR) is 60.6 cm³/mol. The fourth-order valence-corrected chi connectivity index (χ4v) is 2.52. The van der Waals surface area contributed by atoms with Gasteiger partial charge in [0, 0.05) is 0 Å². The Balaban J connectivity index is 3.62. The molecule has 0 bridgehead atoms. The van der Waals surface area contributed by atoms with Crippen LogP contribution < -0.4 is 0 Å². The van der Waals surface area contributed by atoms with Crippen LogP contribution in [-0.2, 0) is 6.18 Å². The molecule has 0 aliphatic carbocycles. The minimum absolute atomic E-state index is 0.0262. The Morgan fingerprint density at radius 1 is 0.600 bits per heavy atom. The topological polar surface area (TPSA) is 0 Å². The molecule has 1 unspecified atom stereocenters. The molecular weight excluding hydrogens is 408 g/mol. The van der Waals surface area contributed by atoms with E-state index in [0.29, 0.717) is 0 Å². The zero-order valence-corrected chi connectivity index (χ0v) is 12.1. The highest BCUT2D eigenvalue weighted by Gasteiger charge is 2.86. The summed E-state index contributed by atoms with van der Waals surface area (Å²) in [6, 6.07) is 0.105. The van der Waals surface area contributed by atoms with E-state index in [1.165, 1.54) is 0 Å². The highest BCUT2D eigenvalue weighted by molar-refractivity contribution is 6.21. The molecule has 0 amide bonds. The highest BCUT2D eigenvalue weighted by atomic mass is 35.5. The summed E-state index contributed by atoms with van der Waals surface area (Å²) in [4.78, 5) is 0. The van der Waals surface area contributed by atoms with E-state index in [-0.39, 0.29) is 24.3 Å². The summed E-state index contributed by atoms with van der Waals surface area (Å²) < 4.78 is 153. The molecule has 0 radical (unpaired) electrons. The molecule has 25 heavy (non-hydrogen) atoms. The van der Waals surface area contributed by atoms with Gasteiger partial charge >= 0.3 is 24.7 Å². The molecule has 0 fully saturated rings. The van der Waals surface area contributed by atoms with E-state index in [0.717, 1.165) is 0 Å². The van der Waals surface area contributed by atoms with Gasteiger partial charge in [0.05, 0.1) is 10.9 Å². The molecule has 0 saturated heterocycles. The van der Waals surface area contributed by atoms with Crippen LogP contribution in [0.4, 0.5) is 52.7 Å². The fourth-order valence-electron chi connectivity index (χ4n) is 2.00. The van der Waals surface area contributed by atoms with Gasteiger partial charge in [0.25, 0.3) is 5.41 Å². The molecule has 0 spiro atoms. The maximum absolute atomic E-state index is 12.9. The standard InChI is InChI=1S/C12H5ClF12/c13-7(5-1-3-6(4-2-5)9(14,15)16)8(10(17,18)19,11(20,21)22)12(23,24)25/h1-4,7H. The predicted octanol–water partition coefficient (Wildman–Crippen LogP) is 6.66. The molecule has 0 heterocycles. The summed E-state index contributed by atoms with van der Waals surface area (Å²) in [5, 5.41) is -3.80. The number of hydrogen-bond acceptors (Lipinski definition) is 0. The van der Waals surface area contributed by atoms with Crippen molar-refractivity contribution in [3.63, 3.8) is 0 Å². The van der Waals surface area contributed by atoms with Crippen molar-refractivity contribution in [1.82, 2.24) is 0 Å². The molecule has 13 heteroatoms. The lowest BCUT2D eigenvalue weighted by atomic mass is 9.78. The molecule has 1 aromatic carbocycles. The molecule has 144 valence electrons. The van der Waals surface area contributed by atoms with E-state index in [1.807, 2.05) is 0 Å². The maximum atomic E-state index is 12.9. The first-order chi connectivity index (χ1) is 10.9. The van der Waals surface area contributed by atoms with Gasteiger partial charge in [-0.05, 0) is 17.7 Å². The first kappa shape index (κ1) is 21.7. The van der Waals surface area contributed by atoms with E-state index < -0.39 is 46.6 Å². The van der Waals surface area contributed by atoms with E-state index in [9.17, 15) is 52.7 Å². The Bertz CT molecular complexity index is 553. The number of halogens is 13. The Hall–Kier alpha value is -1.33. The molecule has 0 aromatic heterocycles. The third-order valence-corrected chi connectivity index (χ3v) is 3.83. The zero-order chi connectivity index (χ0) is 20.1. The minimum Gasteiger partial charge on any atom is -0.170 e. The average molecular weight is 413 g/mol. The monoisotopic (exact) mass is 412 g/mol. The van der Waals surface area contributed by atoms with Crippen molar-refractivity contribution in [2.45, 2.75) is 30.1 Å². The van der Waals surface area contributed by atoms with Crippen LogP contribution >= 0.6 is 11.6 Å². The van der Waals surface area contributed by atoms with Crippen molar-refractivity contribution >= 4 is 11.6 Å². The van der Waals surface area contributed by atoms with Gasteiger partial charge in [-0.1, -0.05) is 12.1 Å². The van der Waals surface area contributed by atoms with E-state index in [4.69, 9.17) is 11.6 Å². The van der Waals surface area contributed by atoms with Crippen LogP contribution in [0.25, 0.3) is 0 Å². The van der Waals surface area contributed by atoms with E-state index in [2.05, 4.69) is 0 Å². The van der Waals surface area contributed by atoms with Gasteiger partial charge in [0.1, 0.15) is 0 Å². The maximum Gasteiger partial charge on any atom is 0.416 e. The number of benzene rings is 1. The van der Waals surface area contributed by atoms with Gasteiger partial charge in [0.2, 0.25) is 0 Å². The van der Waals surface area contributed by atoms with E-state index in [1.54, 1.807) is 0 Å². The van der Waals surface area contributed by atoms with Gasteiger partial charge in [-0.3, -0.25) is 0 Å². The summed E-state index contributed by atoms with van der Waals surface area (Å²) in [7, 11) is 0. The average Bonchev–Trinajstić information content (AvgIpc) is 2.32. The third kappa shape index (κ3) is 3.63. The molecule has 1 aromatic rings. The smallest absolute Gasteiger partial charge is 0.170 e. The van der Waals surface area contributed by atoms with Crippen LogP contribution in [0.3, 0.4) is 0 Å². The Morgan fingerprint density at radius 3 is 1.16 bits per heavy atom. The Labute approximate surface area is 136 Å². The van der Waals surface area contributed by atoms with Crippen molar-refractivity contribution in [3.05, 3.63) is 35.4 Å². The van der Waals surface area contributed by atoms with Crippen LogP contribution in [0.1, 0.15) is 16.5 Å². The van der Waals surface area contributed by atoms with Crippen molar-refractivity contribution in [2.24, 2.45) is 5.41 Å². The fraction of sp³-hybridized carbons (Fsp3) is 0.500. The lowest BCUT2D eigenvalue weighted by Gasteiger charge is -2.41. The molecule has 0 N–H and O–H groups in total. The summed E-state index contributed by atoms with van der Waals surface area (Å²) in [5.41, 5.74) is -9.28. The molecule has 0 nitrogen and oxygen atoms in total. The molecule has 0 saturated carbocycles. The van der Waals surface area contributed by atoms with Crippen molar-refractivity contribution < 1.29 is 52.7 Å². The summed E-state index contributed by atoms with van der Waals surface area (Å²) >= 11 is 4.91. The number of hydrogen-bond donors (Lipinski definition) is 0. The molecule has 0 aliphatic heterocycles. The summed E-state index contributed by atoms with van der Waals surface area (Å²) in [5.74, 6) is 0. The third-order valence-electron chi connectivity index (χ3n) is 3.25. The molecule has 1 rings (SSSR count). The largest absolute Gasteiger partial charge is 0.416 e. The molecular formula is C12H5ClF12. The normalized spacial score (nSPS) is 16.0. The van der Waals surface area contributed by atoms with Crippen LogP contribution in [-0.4, -0.2) is 18.5 Å². The SMILES string of the molecule is FC(F)(F)c1ccc(C(Cl)C(C(F)(F)F)(C(F)(F)F)C(F)(F)F)cc1. The lowest BCUT2D eigenvalue weighted by molar-refractivity contribution is -0.428. The van der Waals surface area contributed by atoms with Crippen molar-refractivity contribution in [2.75, 3.05) is 0 Å². The summed E-state index contributed by atoms with van der Waals surface area (Å²) in [6.07, 6.45) is -25.8. The van der Waals surface area contributed by atoms with Crippen LogP contribution in [0.2, 0.25) is 0 Å². The highest BCUT2D eigenvalue weighted by Crippen LogP contribution is 2.66. The number of alkyl halides is 13. The van der Waals surface area contributed by atoms with Gasteiger partial charge in [-0.25, -0.2) is 0 Å². The first-order valence-electron chi connectivity index (χ1n) is 5.88. The molecule has 0 aliphatic rings. The second-order valence-electron chi connectivity index (χ2n) is 4.78. The van der Waals surface area contributed by atoms with Crippen LogP contribution in [0.15, 0.2) is 24.3 Å². The zero-order valence-electron chi connectivity index (χ0n) is 11.3. The Morgan fingerprint density at radius 2 is 0.920 bits per heavy atom. The second kappa shape index (κ2) is 6.13. The Kier molecular flexibility index (Phi) is 5.32. The van der Waals surface area contributed by atoms with Gasteiger partial charge in [-0.15, -0.1) is 11.6 Å². The lowest BCUT2D eigenvalue weighted by Crippen LogP contribution is -2.61. The van der Waals surface area contributed by atoms with Crippen LogP contribution in [0, 0.1) is 5.41 Å². The van der Waals surface area contributed by atoms with Gasteiger partial charge < -0.3 is 0 Å². The second-order valence-corrected chi connectivity index (χ2v) is 5.22. The minimum atomic E-state index is -6.92. The van der Waals surface area contributed by atoms with E-state index >= 15 is 0 Å². The van der Waals surface area contributed by atoms with Gasteiger partial charge in [0.15, 0.2) is 0 Å². The quantitative estimate of drug-likeness (QED) is 0.376. The summed E-state index contributed by atoms with van der Waals surface area (Å²) in [6.45, 7) is 0. The first-order valence-corrected chi connectivity index (χ1v) is 6.32. The van der Waals surface area contributed by atoms with Crippen molar-refractivity contribution in [1.29, 1.82) is 0 Å². The van der Waals surface area contributed by atoms with Gasteiger partial charge in [-0.2, -0.15) is 52.7 Å². The molecule has 1 atom stereocenters. The van der Waals surface area contributed by atoms with Crippen molar-refractivity contribution in [3.8, 4) is 0 Å².